The van der Waals surface area contributed by atoms with Crippen LogP contribution in [0, 0.1) is 6.92 Å². The Labute approximate surface area is 137 Å². The fraction of sp³-hybridized carbons (Fsp3) is 0.250. The van der Waals surface area contributed by atoms with Crippen molar-refractivity contribution in [1.29, 1.82) is 0 Å². The highest BCUT2D eigenvalue weighted by molar-refractivity contribution is 5.94. The summed E-state index contributed by atoms with van der Waals surface area (Å²) in [7, 11) is 0. The van der Waals surface area contributed by atoms with Crippen molar-refractivity contribution >= 4 is 16.5 Å². The lowest BCUT2D eigenvalue weighted by Gasteiger charge is -2.12. The molecule has 3 heteroatoms. The zero-order chi connectivity index (χ0) is 16.4. The molecule has 2 N–H and O–H groups in total. The van der Waals surface area contributed by atoms with E-state index in [2.05, 4.69) is 53.9 Å². The second-order valence-corrected chi connectivity index (χ2v) is 5.99. The van der Waals surface area contributed by atoms with Gasteiger partial charge in [0, 0.05) is 47.2 Å². The average molecular weight is 305 g/mol. The molecule has 0 aliphatic rings. The maximum absolute atomic E-state index is 4.43. The van der Waals surface area contributed by atoms with E-state index in [-0.39, 0.29) is 0 Å². The molecule has 3 aromatic rings. The first-order chi connectivity index (χ1) is 11.1. The van der Waals surface area contributed by atoms with Crippen molar-refractivity contribution in [2.24, 2.45) is 0 Å². The second-order valence-electron chi connectivity index (χ2n) is 5.99. The van der Waals surface area contributed by atoms with E-state index in [1.807, 2.05) is 25.5 Å². The second kappa shape index (κ2) is 6.39. The number of hydrogen-bond donors (Lipinski definition) is 2. The van der Waals surface area contributed by atoms with Crippen LogP contribution in [0.25, 0.3) is 27.6 Å². The first kappa shape index (κ1) is 15.5. The molecule has 118 valence electrons. The Balaban J connectivity index is 2.09. The van der Waals surface area contributed by atoms with Crippen LogP contribution in [0.15, 0.2) is 43.4 Å². The molecule has 0 atom stereocenters. The van der Waals surface area contributed by atoms with Gasteiger partial charge in [-0.05, 0) is 54.8 Å². The Hall–Kier alpha value is -2.39. The molecule has 1 aromatic carbocycles. The maximum atomic E-state index is 4.43. The van der Waals surface area contributed by atoms with Gasteiger partial charge in [-0.15, -0.1) is 0 Å². The minimum Gasteiger partial charge on any atom is -0.361 e. The number of benzene rings is 1. The number of nitrogens with one attached hydrogen (secondary N) is 2. The lowest BCUT2D eigenvalue weighted by Crippen LogP contribution is -2.13. The highest BCUT2D eigenvalue weighted by Gasteiger charge is 2.10. The third-order valence-electron chi connectivity index (χ3n) is 4.34. The summed E-state index contributed by atoms with van der Waals surface area (Å²) in [5.74, 6) is 0. The van der Waals surface area contributed by atoms with E-state index < -0.39 is 0 Å². The number of nitrogens with zero attached hydrogens (tertiary/aromatic N) is 1. The molecule has 0 saturated carbocycles. The lowest BCUT2D eigenvalue weighted by atomic mass is 9.97. The summed E-state index contributed by atoms with van der Waals surface area (Å²) in [6.45, 7) is 12.2. The van der Waals surface area contributed by atoms with E-state index in [0.29, 0.717) is 0 Å². The summed E-state index contributed by atoms with van der Waals surface area (Å²) in [4.78, 5) is 7.75. The molecular formula is C20H23N3. The largest absolute Gasteiger partial charge is 0.361 e. The molecule has 23 heavy (non-hydrogen) atoms. The van der Waals surface area contributed by atoms with Crippen LogP contribution in [0.4, 0.5) is 0 Å². The summed E-state index contributed by atoms with van der Waals surface area (Å²) >= 11 is 0. The Morgan fingerprint density at radius 2 is 2.13 bits per heavy atom. The van der Waals surface area contributed by atoms with Crippen LogP contribution < -0.4 is 5.32 Å². The van der Waals surface area contributed by atoms with Crippen molar-refractivity contribution in [3.05, 3.63) is 60.1 Å². The Morgan fingerprint density at radius 1 is 1.30 bits per heavy atom. The van der Waals surface area contributed by atoms with Gasteiger partial charge in [0.25, 0.3) is 0 Å². The molecule has 0 saturated heterocycles. The molecule has 0 aliphatic carbocycles. The Bertz CT molecular complexity index is 858. The first-order valence-corrected chi connectivity index (χ1v) is 8.03. The van der Waals surface area contributed by atoms with Crippen LogP contribution in [0.1, 0.15) is 30.5 Å². The predicted octanol–water partition coefficient (Wildman–Crippen LogP) is 4.68. The van der Waals surface area contributed by atoms with E-state index in [0.717, 1.165) is 24.2 Å². The van der Waals surface area contributed by atoms with E-state index in [1.54, 1.807) is 0 Å². The van der Waals surface area contributed by atoms with E-state index in [1.165, 1.54) is 33.2 Å². The van der Waals surface area contributed by atoms with Gasteiger partial charge in [0.1, 0.15) is 0 Å². The zero-order valence-electron chi connectivity index (χ0n) is 14.0. The topological polar surface area (TPSA) is 40.7 Å². The van der Waals surface area contributed by atoms with Crippen LogP contribution in [0.3, 0.4) is 0 Å². The highest BCUT2D eigenvalue weighted by atomic mass is 14.8. The number of fused-ring (bicyclic) bond motifs is 1. The summed E-state index contributed by atoms with van der Waals surface area (Å²) < 4.78 is 0. The van der Waals surface area contributed by atoms with Crippen LogP contribution in [-0.4, -0.2) is 16.5 Å². The van der Waals surface area contributed by atoms with Crippen LogP contribution >= 0.6 is 0 Å². The average Bonchev–Trinajstić information content (AvgIpc) is 2.97. The molecule has 2 aromatic heterocycles. The van der Waals surface area contributed by atoms with Crippen molar-refractivity contribution in [3.63, 3.8) is 0 Å². The van der Waals surface area contributed by atoms with E-state index >= 15 is 0 Å². The van der Waals surface area contributed by atoms with Crippen LogP contribution in [0.2, 0.25) is 0 Å². The monoisotopic (exact) mass is 305 g/mol. The van der Waals surface area contributed by atoms with Gasteiger partial charge in [0.05, 0.1) is 0 Å². The third-order valence-corrected chi connectivity index (χ3v) is 4.34. The maximum Gasteiger partial charge on any atom is 0.0460 e. The Morgan fingerprint density at radius 3 is 2.87 bits per heavy atom. The van der Waals surface area contributed by atoms with E-state index in [9.17, 15) is 0 Å². The quantitative estimate of drug-likeness (QED) is 0.718. The van der Waals surface area contributed by atoms with Crippen LogP contribution in [-0.2, 0) is 6.54 Å². The number of H-pyrrole nitrogens is 1. The fourth-order valence-electron chi connectivity index (χ4n) is 2.94. The number of allylic oxidation sites excluding steroid dienone is 1. The molecule has 2 heterocycles. The number of aromatic nitrogens is 2. The molecule has 0 unspecified atom stereocenters. The van der Waals surface area contributed by atoms with Crippen LogP contribution in [0.5, 0.6) is 0 Å². The predicted molar refractivity (Wildman–Crippen MR) is 98.4 cm³/mol. The number of pyridine rings is 1. The van der Waals surface area contributed by atoms with Gasteiger partial charge in [-0.2, -0.15) is 0 Å². The Kier molecular flexibility index (Phi) is 4.30. The normalized spacial score (nSPS) is 11.1. The van der Waals surface area contributed by atoms with Crippen molar-refractivity contribution in [1.82, 2.24) is 15.3 Å². The molecule has 0 amide bonds. The zero-order valence-corrected chi connectivity index (χ0v) is 14.0. The smallest absolute Gasteiger partial charge is 0.0460 e. The summed E-state index contributed by atoms with van der Waals surface area (Å²) in [6.07, 6.45) is 5.94. The van der Waals surface area contributed by atoms with Gasteiger partial charge in [-0.3, -0.25) is 4.98 Å². The SMILES string of the molecule is C=C(C)c1c[nH]c2ccc(-c3cncc(CNCC)c3C)cc12. The summed E-state index contributed by atoms with van der Waals surface area (Å²) in [6, 6.07) is 6.52. The van der Waals surface area contributed by atoms with Gasteiger partial charge >= 0.3 is 0 Å². The molecule has 0 spiro atoms. The summed E-state index contributed by atoms with van der Waals surface area (Å²) in [5, 5.41) is 4.59. The third kappa shape index (κ3) is 2.92. The van der Waals surface area contributed by atoms with Crippen molar-refractivity contribution in [3.8, 4) is 11.1 Å². The molecule has 3 rings (SSSR count). The van der Waals surface area contributed by atoms with Crippen molar-refractivity contribution < 1.29 is 0 Å². The van der Waals surface area contributed by atoms with Gasteiger partial charge in [-0.1, -0.05) is 19.6 Å². The molecule has 0 aliphatic heterocycles. The van der Waals surface area contributed by atoms with Gasteiger partial charge in [-0.25, -0.2) is 0 Å². The fourth-order valence-corrected chi connectivity index (χ4v) is 2.94. The molecule has 0 radical (unpaired) electrons. The van der Waals surface area contributed by atoms with Gasteiger partial charge in [0.2, 0.25) is 0 Å². The summed E-state index contributed by atoms with van der Waals surface area (Å²) in [5.41, 5.74) is 8.31. The number of hydrogen-bond acceptors (Lipinski definition) is 2. The minimum absolute atomic E-state index is 0.854. The molecule has 0 bridgehead atoms. The molecule has 0 fully saturated rings. The highest BCUT2D eigenvalue weighted by Crippen LogP contribution is 2.31. The van der Waals surface area contributed by atoms with E-state index in [4.69, 9.17) is 0 Å². The number of rotatable bonds is 5. The number of aromatic amines is 1. The molecular weight excluding hydrogens is 282 g/mol. The van der Waals surface area contributed by atoms with Crippen molar-refractivity contribution in [2.75, 3.05) is 6.54 Å². The molecule has 3 nitrogen and oxygen atoms in total. The lowest BCUT2D eigenvalue weighted by molar-refractivity contribution is 0.721. The van der Waals surface area contributed by atoms with Gasteiger partial charge in [0.15, 0.2) is 0 Å². The van der Waals surface area contributed by atoms with Crippen molar-refractivity contribution in [2.45, 2.75) is 27.3 Å². The standard InChI is InChI=1S/C20H23N3/c1-5-21-9-16-10-22-11-19(14(16)4)15-6-7-20-17(8-15)18(12-23-20)13(2)3/h6-8,10-12,21,23H,2,5,9H2,1,3-4H3. The van der Waals surface area contributed by atoms with Gasteiger partial charge < -0.3 is 10.3 Å². The first-order valence-electron chi connectivity index (χ1n) is 8.03. The minimum atomic E-state index is 0.854.